The van der Waals surface area contributed by atoms with Crippen molar-refractivity contribution in [3.05, 3.63) is 46.9 Å². The van der Waals surface area contributed by atoms with Crippen LogP contribution in [0.15, 0.2) is 29.6 Å². The molecular weight excluding hydrogens is 303 g/mol. The molecule has 1 aliphatic rings. The first-order valence-corrected chi connectivity index (χ1v) is 7.91. The third-order valence-electron chi connectivity index (χ3n) is 3.71. The van der Waals surface area contributed by atoms with Crippen molar-refractivity contribution in [2.75, 3.05) is 0 Å². The molecule has 0 bridgehead atoms. The molecule has 112 valence electrons. The van der Waals surface area contributed by atoms with Gasteiger partial charge in [0.15, 0.2) is 0 Å². The average molecular weight is 316 g/mol. The van der Waals surface area contributed by atoms with Gasteiger partial charge in [-0.05, 0) is 37.1 Å². The predicted octanol–water partition coefficient (Wildman–Crippen LogP) is 2.90. The van der Waals surface area contributed by atoms with Gasteiger partial charge in [-0.1, -0.05) is 5.21 Å². The van der Waals surface area contributed by atoms with Gasteiger partial charge in [0.25, 0.3) is 0 Å². The van der Waals surface area contributed by atoms with E-state index in [0.29, 0.717) is 16.7 Å². The SMILES string of the molecule is OCc1nnn(-c2nc(-c3ccc(F)cc3)cs2)c1C1CC1. The fourth-order valence-corrected chi connectivity index (χ4v) is 3.25. The molecule has 3 aromatic rings. The number of thiazole rings is 1. The molecule has 0 amide bonds. The Bertz CT molecular complexity index is 807. The molecule has 2 aromatic heterocycles. The summed E-state index contributed by atoms with van der Waals surface area (Å²) in [6, 6.07) is 6.25. The van der Waals surface area contributed by atoms with Crippen molar-refractivity contribution in [2.24, 2.45) is 0 Å². The van der Waals surface area contributed by atoms with Crippen molar-refractivity contribution < 1.29 is 9.50 Å². The van der Waals surface area contributed by atoms with Crippen LogP contribution in [0.2, 0.25) is 0 Å². The van der Waals surface area contributed by atoms with Crippen LogP contribution < -0.4 is 0 Å². The van der Waals surface area contributed by atoms with Crippen LogP contribution in [0, 0.1) is 5.82 Å². The van der Waals surface area contributed by atoms with Crippen molar-refractivity contribution in [1.82, 2.24) is 20.0 Å². The van der Waals surface area contributed by atoms with E-state index in [9.17, 15) is 9.50 Å². The lowest BCUT2D eigenvalue weighted by Gasteiger charge is -2.02. The molecule has 0 aliphatic heterocycles. The minimum atomic E-state index is -0.265. The third-order valence-corrected chi connectivity index (χ3v) is 4.52. The fourth-order valence-electron chi connectivity index (χ4n) is 2.45. The maximum absolute atomic E-state index is 13.0. The number of halogens is 1. The van der Waals surface area contributed by atoms with E-state index in [0.717, 1.165) is 29.8 Å². The number of benzene rings is 1. The molecule has 1 aliphatic carbocycles. The number of nitrogens with zero attached hydrogens (tertiary/aromatic N) is 4. The Labute approximate surface area is 130 Å². The lowest BCUT2D eigenvalue weighted by molar-refractivity contribution is 0.275. The van der Waals surface area contributed by atoms with E-state index in [1.165, 1.54) is 23.5 Å². The molecule has 1 aromatic carbocycles. The summed E-state index contributed by atoms with van der Waals surface area (Å²) in [6.45, 7) is -0.109. The summed E-state index contributed by atoms with van der Waals surface area (Å²) < 4.78 is 14.7. The number of aliphatic hydroxyl groups excluding tert-OH is 1. The van der Waals surface area contributed by atoms with Crippen LogP contribution in [0.25, 0.3) is 16.4 Å². The van der Waals surface area contributed by atoms with E-state index in [1.54, 1.807) is 16.8 Å². The summed E-state index contributed by atoms with van der Waals surface area (Å²) in [5, 5.41) is 20.2. The van der Waals surface area contributed by atoms with Gasteiger partial charge in [-0.15, -0.1) is 16.4 Å². The quantitative estimate of drug-likeness (QED) is 0.804. The lowest BCUT2D eigenvalue weighted by atomic mass is 10.2. The van der Waals surface area contributed by atoms with Gasteiger partial charge in [-0.2, -0.15) is 4.68 Å². The smallest absolute Gasteiger partial charge is 0.212 e. The van der Waals surface area contributed by atoms with Crippen LogP contribution in [0.4, 0.5) is 4.39 Å². The molecule has 1 fully saturated rings. The van der Waals surface area contributed by atoms with Crippen molar-refractivity contribution in [2.45, 2.75) is 25.4 Å². The zero-order valence-electron chi connectivity index (χ0n) is 11.6. The molecule has 0 atom stereocenters. The summed E-state index contributed by atoms with van der Waals surface area (Å²) in [5.74, 6) is 0.148. The second-order valence-corrected chi connectivity index (χ2v) is 6.12. The van der Waals surface area contributed by atoms with Crippen LogP contribution in [-0.4, -0.2) is 25.1 Å². The Kier molecular flexibility index (Phi) is 3.24. The molecule has 4 rings (SSSR count). The molecule has 2 heterocycles. The molecule has 7 heteroatoms. The highest BCUT2D eigenvalue weighted by atomic mass is 32.1. The van der Waals surface area contributed by atoms with Crippen LogP contribution in [0.1, 0.15) is 30.1 Å². The van der Waals surface area contributed by atoms with E-state index in [2.05, 4.69) is 15.3 Å². The Hall–Kier alpha value is -2.12. The largest absolute Gasteiger partial charge is 0.390 e. The van der Waals surface area contributed by atoms with Gasteiger partial charge in [-0.25, -0.2) is 9.37 Å². The highest BCUT2D eigenvalue weighted by Crippen LogP contribution is 2.42. The van der Waals surface area contributed by atoms with E-state index in [1.807, 2.05) is 5.38 Å². The number of aliphatic hydroxyl groups is 1. The summed E-state index contributed by atoms with van der Waals surface area (Å²) in [4.78, 5) is 4.57. The zero-order chi connectivity index (χ0) is 15.1. The van der Waals surface area contributed by atoms with Crippen LogP contribution >= 0.6 is 11.3 Å². The van der Waals surface area contributed by atoms with Gasteiger partial charge in [0.05, 0.1) is 18.0 Å². The zero-order valence-corrected chi connectivity index (χ0v) is 12.4. The molecule has 5 nitrogen and oxygen atoms in total. The van der Waals surface area contributed by atoms with Gasteiger partial charge >= 0.3 is 0 Å². The standard InChI is InChI=1S/C15H13FN4OS/c16-11-5-3-9(4-6-11)13-8-22-15(17-13)20-14(10-1-2-10)12(7-21)18-19-20/h3-6,8,10,21H,1-2,7H2. The van der Waals surface area contributed by atoms with Crippen molar-refractivity contribution in [3.8, 4) is 16.4 Å². The van der Waals surface area contributed by atoms with Gasteiger partial charge in [0, 0.05) is 16.9 Å². The summed E-state index contributed by atoms with van der Waals surface area (Å²) in [7, 11) is 0. The molecular formula is C15H13FN4OS. The third kappa shape index (κ3) is 2.32. The fraction of sp³-hybridized carbons (Fsp3) is 0.267. The van der Waals surface area contributed by atoms with Gasteiger partial charge < -0.3 is 5.11 Å². The lowest BCUT2D eigenvalue weighted by Crippen LogP contribution is -2.02. The van der Waals surface area contributed by atoms with Crippen molar-refractivity contribution >= 4 is 11.3 Å². The monoisotopic (exact) mass is 316 g/mol. The van der Waals surface area contributed by atoms with E-state index < -0.39 is 0 Å². The topological polar surface area (TPSA) is 63.8 Å². The summed E-state index contributed by atoms with van der Waals surface area (Å²) in [6.07, 6.45) is 2.19. The number of hydrogen-bond donors (Lipinski definition) is 1. The first-order valence-electron chi connectivity index (χ1n) is 7.03. The number of aromatic nitrogens is 4. The Morgan fingerprint density at radius 3 is 2.73 bits per heavy atom. The maximum Gasteiger partial charge on any atom is 0.212 e. The highest BCUT2D eigenvalue weighted by molar-refractivity contribution is 7.12. The summed E-state index contributed by atoms with van der Waals surface area (Å²) in [5.41, 5.74) is 3.23. The van der Waals surface area contributed by atoms with Gasteiger partial charge in [0.2, 0.25) is 5.13 Å². The minimum Gasteiger partial charge on any atom is -0.390 e. The Balaban J connectivity index is 1.72. The predicted molar refractivity (Wildman–Crippen MR) is 80.3 cm³/mol. The first kappa shape index (κ1) is 13.5. The second-order valence-electron chi connectivity index (χ2n) is 5.29. The molecule has 1 N–H and O–H groups in total. The van der Waals surface area contributed by atoms with Crippen molar-refractivity contribution in [3.63, 3.8) is 0 Å². The first-order chi connectivity index (χ1) is 10.8. The van der Waals surface area contributed by atoms with E-state index in [-0.39, 0.29) is 12.4 Å². The van der Waals surface area contributed by atoms with Crippen LogP contribution in [-0.2, 0) is 6.61 Å². The molecule has 1 saturated carbocycles. The van der Waals surface area contributed by atoms with E-state index >= 15 is 0 Å². The summed E-state index contributed by atoms with van der Waals surface area (Å²) >= 11 is 1.46. The molecule has 0 spiro atoms. The second kappa shape index (κ2) is 5.26. The molecule has 22 heavy (non-hydrogen) atoms. The van der Waals surface area contributed by atoms with Gasteiger partial charge in [-0.3, -0.25) is 0 Å². The average Bonchev–Trinajstić information content (AvgIpc) is 3.10. The van der Waals surface area contributed by atoms with Gasteiger partial charge in [0.1, 0.15) is 11.5 Å². The molecule has 0 unspecified atom stereocenters. The van der Waals surface area contributed by atoms with Crippen LogP contribution in [0.3, 0.4) is 0 Å². The van der Waals surface area contributed by atoms with Crippen LogP contribution in [0.5, 0.6) is 0 Å². The van der Waals surface area contributed by atoms with E-state index in [4.69, 9.17) is 0 Å². The Morgan fingerprint density at radius 2 is 2.05 bits per heavy atom. The Morgan fingerprint density at radius 1 is 1.27 bits per heavy atom. The maximum atomic E-state index is 13.0. The molecule has 0 radical (unpaired) electrons. The minimum absolute atomic E-state index is 0.109. The normalized spacial score (nSPS) is 14.5. The van der Waals surface area contributed by atoms with Crippen molar-refractivity contribution in [1.29, 1.82) is 0 Å². The number of rotatable bonds is 4. The molecule has 0 saturated heterocycles. The highest BCUT2D eigenvalue weighted by Gasteiger charge is 2.32. The number of hydrogen-bond acceptors (Lipinski definition) is 5.